The molecule has 0 spiro atoms. The number of carbonyl (C=O) groups excluding carboxylic acids is 1. The molecule has 148 valence electrons. The van der Waals surface area contributed by atoms with Crippen molar-refractivity contribution >= 4 is 33.2 Å². The van der Waals surface area contributed by atoms with Crippen LogP contribution in [-0.4, -0.2) is 43.3 Å². The largest absolute Gasteiger partial charge is 0.338 e. The number of halogens is 1. The number of rotatable bonds is 5. The topological polar surface area (TPSA) is 110 Å². The van der Waals surface area contributed by atoms with Gasteiger partial charge in [-0.3, -0.25) is 14.9 Å². The van der Waals surface area contributed by atoms with Crippen molar-refractivity contribution in [2.45, 2.75) is 23.8 Å². The summed E-state index contributed by atoms with van der Waals surface area (Å²) in [4.78, 5) is 24.9. The van der Waals surface area contributed by atoms with Crippen molar-refractivity contribution in [3.8, 4) is 0 Å². The first kappa shape index (κ1) is 20.2. The highest BCUT2D eigenvalue weighted by Crippen LogP contribution is 2.26. The first-order valence-corrected chi connectivity index (χ1v) is 10.4. The molecule has 1 amide bonds. The third-order valence-corrected chi connectivity index (χ3v) is 6.32. The number of amides is 1. The van der Waals surface area contributed by atoms with Gasteiger partial charge in [0.15, 0.2) is 0 Å². The van der Waals surface area contributed by atoms with Crippen LogP contribution in [0.2, 0.25) is 5.02 Å². The highest BCUT2D eigenvalue weighted by Gasteiger charge is 2.30. The number of carbonyl (C=O) groups is 1. The molecule has 28 heavy (non-hydrogen) atoms. The SMILES string of the molecule is O=C(c1ccc(Cl)cc1[N+](=O)[O-])N1CCC(NS(=O)(=O)c2ccccc2)CC1. The van der Waals surface area contributed by atoms with Crippen LogP contribution >= 0.6 is 11.6 Å². The van der Waals surface area contributed by atoms with E-state index in [0.717, 1.165) is 6.07 Å². The fraction of sp³-hybridized carbons (Fsp3) is 0.278. The molecule has 8 nitrogen and oxygen atoms in total. The van der Waals surface area contributed by atoms with Crippen LogP contribution in [0.1, 0.15) is 23.2 Å². The van der Waals surface area contributed by atoms with Crippen LogP contribution in [0.25, 0.3) is 0 Å². The van der Waals surface area contributed by atoms with Gasteiger partial charge in [-0.15, -0.1) is 0 Å². The van der Waals surface area contributed by atoms with E-state index in [4.69, 9.17) is 11.6 Å². The zero-order chi connectivity index (χ0) is 20.3. The Kier molecular flexibility index (Phi) is 5.97. The number of nitro groups is 1. The number of hydrogen-bond acceptors (Lipinski definition) is 5. The van der Waals surface area contributed by atoms with Crippen LogP contribution in [0.5, 0.6) is 0 Å². The van der Waals surface area contributed by atoms with E-state index in [-0.39, 0.29) is 27.2 Å². The molecule has 1 aliphatic rings. The first-order chi connectivity index (χ1) is 13.3. The number of benzene rings is 2. The predicted octanol–water partition coefficient (Wildman–Crippen LogP) is 2.83. The van der Waals surface area contributed by atoms with Gasteiger partial charge in [0.1, 0.15) is 5.56 Å². The van der Waals surface area contributed by atoms with Crippen molar-refractivity contribution in [2.75, 3.05) is 13.1 Å². The Morgan fingerprint density at radius 2 is 1.79 bits per heavy atom. The van der Waals surface area contributed by atoms with Gasteiger partial charge in [0.05, 0.1) is 9.82 Å². The molecule has 0 aromatic heterocycles. The molecule has 0 aliphatic carbocycles. The van der Waals surface area contributed by atoms with Gasteiger partial charge in [0, 0.05) is 30.2 Å². The number of nitrogens with zero attached hydrogens (tertiary/aromatic N) is 2. The van der Waals surface area contributed by atoms with Crippen molar-refractivity contribution in [1.29, 1.82) is 0 Å². The van der Waals surface area contributed by atoms with Gasteiger partial charge in [0.2, 0.25) is 10.0 Å². The monoisotopic (exact) mass is 423 g/mol. The van der Waals surface area contributed by atoms with E-state index in [9.17, 15) is 23.3 Å². The lowest BCUT2D eigenvalue weighted by Gasteiger charge is -2.32. The summed E-state index contributed by atoms with van der Waals surface area (Å²) in [7, 11) is -3.63. The minimum Gasteiger partial charge on any atom is -0.338 e. The lowest BCUT2D eigenvalue weighted by molar-refractivity contribution is -0.385. The van der Waals surface area contributed by atoms with Gasteiger partial charge in [-0.1, -0.05) is 29.8 Å². The quantitative estimate of drug-likeness (QED) is 0.587. The molecule has 1 fully saturated rings. The van der Waals surface area contributed by atoms with Crippen molar-refractivity contribution in [3.05, 3.63) is 69.2 Å². The Balaban J connectivity index is 1.66. The molecular formula is C18H18ClN3O5S. The van der Waals surface area contributed by atoms with E-state index in [1.165, 1.54) is 29.2 Å². The molecule has 1 N–H and O–H groups in total. The molecule has 0 radical (unpaired) electrons. The summed E-state index contributed by atoms with van der Waals surface area (Å²) < 4.78 is 27.5. The third kappa shape index (κ3) is 4.49. The van der Waals surface area contributed by atoms with Crippen molar-refractivity contribution < 1.29 is 18.1 Å². The fourth-order valence-corrected chi connectivity index (χ4v) is 4.59. The molecule has 2 aromatic rings. The zero-order valence-electron chi connectivity index (χ0n) is 14.7. The number of nitrogens with one attached hydrogen (secondary N) is 1. The Bertz CT molecular complexity index is 990. The standard InChI is InChI=1S/C18H18ClN3O5S/c19-13-6-7-16(17(12-13)22(24)25)18(23)21-10-8-14(9-11-21)20-28(26,27)15-4-2-1-3-5-15/h1-7,12,14,20H,8-11H2. The Morgan fingerprint density at radius 3 is 2.39 bits per heavy atom. The van der Waals surface area contributed by atoms with Crippen LogP contribution in [0.15, 0.2) is 53.4 Å². The maximum atomic E-state index is 12.7. The number of piperidine rings is 1. The van der Waals surface area contributed by atoms with E-state index in [1.807, 2.05) is 0 Å². The van der Waals surface area contributed by atoms with E-state index >= 15 is 0 Å². The summed E-state index contributed by atoms with van der Waals surface area (Å²) in [6.07, 6.45) is 0.832. The summed E-state index contributed by atoms with van der Waals surface area (Å²) in [5, 5.41) is 11.4. The van der Waals surface area contributed by atoms with E-state index in [1.54, 1.807) is 18.2 Å². The molecule has 10 heteroatoms. The Hall–Kier alpha value is -2.49. The average Bonchev–Trinajstić information content (AvgIpc) is 2.68. The number of nitro benzene ring substituents is 1. The molecule has 3 rings (SSSR count). The second-order valence-electron chi connectivity index (χ2n) is 6.42. The van der Waals surface area contributed by atoms with Gasteiger partial charge in [-0.25, -0.2) is 13.1 Å². The maximum Gasteiger partial charge on any atom is 0.283 e. The lowest BCUT2D eigenvalue weighted by atomic mass is 10.0. The van der Waals surface area contributed by atoms with E-state index in [2.05, 4.69) is 4.72 Å². The molecule has 0 bridgehead atoms. The van der Waals surface area contributed by atoms with Crippen LogP contribution in [0, 0.1) is 10.1 Å². The highest BCUT2D eigenvalue weighted by atomic mass is 35.5. The summed E-state index contributed by atoms with van der Waals surface area (Å²) in [5.74, 6) is -0.465. The van der Waals surface area contributed by atoms with E-state index < -0.39 is 20.9 Å². The molecule has 2 aromatic carbocycles. The molecule has 1 saturated heterocycles. The van der Waals surface area contributed by atoms with Gasteiger partial charge in [-0.05, 0) is 37.1 Å². The molecule has 0 unspecified atom stereocenters. The summed E-state index contributed by atoms with van der Waals surface area (Å²) in [6.45, 7) is 0.585. The van der Waals surface area contributed by atoms with Gasteiger partial charge < -0.3 is 4.90 Å². The van der Waals surface area contributed by atoms with Crippen LogP contribution in [0.3, 0.4) is 0 Å². The van der Waals surface area contributed by atoms with E-state index in [0.29, 0.717) is 25.9 Å². The number of likely N-dealkylation sites (tertiary alicyclic amines) is 1. The fourth-order valence-electron chi connectivity index (χ4n) is 3.09. The smallest absolute Gasteiger partial charge is 0.283 e. The van der Waals surface area contributed by atoms with Crippen LogP contribution in [0.4, 0.5) is 5.69 Å². The Morgan fingerprint density at radius 1 is 1.14 bits per heavy atom. The van der Waals surface area contributed by atoms with Crippen molar-refractivity contribution in [2.24, 2.45) is 0 Å². The first-order valence-electron chi connectivity index (χ1n) is 8.58. The van der Waals surface area contributed by atoms with Crippen LogP contribution < -0.4 is 4.72 Å². The number of sulfonamides is 1. The molecule has 1 heterocycles. The predicted molar refractivity (Wildman–Crippen MR) is 104 cm³/mol. The highest BCUT2D eigenvalue weighted by molar-refractivity contribution is 7.89. The Labute approximate surface area is 167 Å². The molecule has 1 aliphatic heterocycles. The third-order valence-electron chi connectivity index (χ3n) is 4.54. The molecule has 0 saturated carbocycles. The second kappa shape index (κ2) is 8.26. The summed E-state index contributed by atoms with van der Waals surface area (Å²) >= 11 is 5.79. The molecule has 0 atom stereocenters. The average molecular weight is 424 g/mol. The number of hydrogen-bond donors (Lipinski definition) is 1. The summed E-state index contributed by atoms with van der Waals surface area (Å²) in [5.41, 5.74) is -0.373. The normalized spacial score (nSPS) is 15.4. The summed E-state index contributed by atoms with van der Waals surface area (Å²) in [6, 6.07) is 11.7. The maximum absolute atomic E-state index is 12.7. The van der Waals surface area contributed by atoms with Gasteiger partial charge >= 0.3 is 0 Å². The van der Waals surface area contributed by atoms with Gasteiger partial charge in [0.25, 0.3) is 11.6 Å². The molecular weight excluding hydrogens is 406 g/mol. The van der Waals surface area contributed by atoms with Gasteiger partial charge in [-0.2, -0.15) is 0 Å². The minimum atomic E-state index is -3.63. The van der Waals surface area contributed by atoms with Crippen molar-refractivity contribution in [3.63, 3.8) is 0 Å². The zero-order valence-corrected chi connectivity index (χ0v) is 16.3. The lowest BCUT2D eigenvalue weighted by Crippen LogP contribution is -2.46. The minimum absolute atomic E-state index is 0.0299. The second-order valence-corrected chi connectivity index (χ2v) is 8.57. The van der Waals surface area contributed by atoms with Crippen molar-refractivity contribution in [1.82, 2.24) is 9.62 Å². The van der Waals surface area contributed by atoms with Crippen LogP contribution in [-0.2, 0) is 10.0 Å².